The van der Waals surface area contributed by atoms with Gasteiger partial charge in [0.15, 0.2) is 17.2 Å². The van der Waals surface area contributed by atoms with Crippen LogP contribution in [0.4, 0.5) is 0 Å². The Morgan fingerprint density at radius 2 is 2.12 bits per heavy atom. The van der Waals surface area contributed by atoms with Crippen molar-refractivity contribution in [1.29, 1.82) is 0 Å². The molecule has 1 unspecified atom stereocenters. The number of fused-ring (bicyclic) bond motifs is 7. The average molecular weight is 568 g/mol. The van der Waals surface area contributed by atoms with E-state index in [-0.39, 0.29) is 57.6 Å². The second-order valence-electron chi connectivity index (χ2n) is 13.1. The monoisotopic (exact) mass is 567 g/mol. The van der Waals surface area contributed by atoms with Crippen LogP contribution in [0, 0.1) is 34.5 Å². The quantitative estimate of drug-likeness (QED) is 0.405. The summed E-state index contributed by atoms with van der Waals surface area (Å²) in [5.41, 5.74) is 0.0846. The summed E-state index contributed by atoms with van der Waals surface area (Å²) in [5.74, 6) is 0.392. The number of rotatable bonds is 6. The topological polar surface area (TPSA) is 106 Å². The fourth-order valence-corrected chi connectivity index (χ4v) is 10.5. The minimum atomic E-state index is -1.08. The average Bonchev–Trinajstić information content (AvgIpc) is 3.69. The van der Waals surface area contributed by atoms with E-state index in [0.29, 0.717) is 39.0 Å². The highest BCUT2D eigenvalue weighted by atomic mass is 32.2. The number of Topliss-reactive ketones (excluding diaryl/α,β-unsaturated/α-hetero) is 1. The molecule has 1 aromatic rings. The molecule has 1 N–H and O–H groups in total. The summed E-state index contributed by atoms with van der Waals surface area (Å²) in [7, 11) is 0. The van der Waals surface area contributed by atoms with Gasteiger partial charge in [-0.1, -0.05) is 31.6 Å². The highest BCUT2D eigenvalue weighted by Crippen LogP contribution is 2.70. The van der Waals surface area contributed by atoms with E-state index in [2.05, 4.69) is 19.9 Å². The number of nitrogens with zero attached hydrogens (tertiary/aromatic N) is 1. The molecule has 40 heavy (non-hydrogen) atoms. The van der Waals surface area contributed by atoms with E-state index >= 15 is 0 Å². The summed E-state index contributed by atoms with van der Waals surface area (Å²) in [5, 5.41) is 13.5. The second kappa shape index (κ2) is 9.41. The summed E-state index contributed by atoms with van der Waals surface area (Å²) >= 11 is 1.36. The number of cyclic esters (lactones) is 1. The molecular formula is C31H37NO7S. The first-order chi connectivity index (χ1) is 19.2. The summed E-state index contributed by atoms with van der Waals surface area (Å²) in [6.45, 7) is 5.87. The molecule has 0 radical (unpaired) electrons. The zero-order valence-corrected chi connectivity index (χ0v) is 23.9. The molecule has 0 bridgehead atoms. The van der Waals surface area contributed by atoms with Gasteiger partial charge in [-0.15, -0.1) is 11.8 Å². The number of carbonyl (C=O) groups excluding carboxylic acids is 3. The molecule has 2 aliphatic heterocycles. The van der Waals surface area contributed by atoms with Gasteiger partial charge in [0.25, 0.3) is 0 Å². The first-order valence-corrected chi connectivity index (χ1v) is 15.6. The molecule has 214 valence electrons. The van der Waals surface area contributed by atoms with Gasteiger partial charge < -0.3 is 14.3 Å². The van der Waals surface area contributed by atoms with Crippen molar-refractivity contribution < 1.29 is 33.5 Å². The van der Waals surface area contributed by atoms with Crippen LogP contribution < -0.4 is 0 Å². The number of hydroxylamine groups is 2. The van der Waals surface area contributed by atoms with E-state index in [9.17, 15) is 19.5 Å². The van der Waals surface area contributed by atoms with Gasteiger partial charge >= 0.3 is 5.97 Å². The van der Waals surface area contributed by atoms with Gasteiger partial charge in [0.05, 0.1) is 37.5 Å². The largest absolute Gasteiger partial charge is 0.472 e. The van der Waals surface area contributed by atoms with E-state index in [4.69, 9.17) is 14.0 Å². The van der Waals surface area contributed by atoms with Crippen LogP contribution in [0.1, 0.15) is 51.5 Å². The minimum absolute atomic E-state index is 0.00829. The summed E-state index contributed by atoms with van der Waals surface area (Å²) < 4.78 is 10.4. The van der Waals surface area contributed by atoms with E-state index < -0.39 is 17.1 Å². The SMILES string of the molecule is C[C@]12C=CC(=O)CC1=CC[C@@H]1[C@@H]2[C@@H](O)C[C@@]2(C)[C@H]1C[C@H]1CN(Cc3ccoc3)O[C@]12C(=O)CSC1CCOC1=O. The number of ketones is 2. The molecule has 4 fully saturated rings. The number of thioether (sulfide) groups is 1. The Kier molecular flexibility index (Phi) is 6.28. The molecule has 3 heterocycles. The van der Waals surface area contributed by atoms with Crippen LogP contribution in [-0.2, 0) is 30.5 Å². The Labute approximate surface area is 238 Å². The Morgan fingerprint density at radius 3 is 2.88 bits per heavy atom. The molecular weight excluding hydrogens is 530 g/mol. The van der Waals surface area contributed by atoms with Crippen molar-refractivity contribution in [3.05, 3.63) is 48.0 Å². The number of ether oxygens (including phenoxy) is 1. The van der Waals surface area contributed by atoms with Crippen LogP contribution in [0.15, 0.2) is 46.8 Å². The van der Waals surface area contributed by atoms with Gasteiger partial charge in [0.1, 0.15) is 5.25 Å². The highest BCUT2D eigenvalue weighted by Gasteiger charge is 2.75. The van der Waals surface area contributed by atoms with Crippen molar-refractivity contribution in [3.8, 4) is 0 Å². The fourth-order valence-electron chi connectivity index (χ4n) is 9.44. The number of hydrogen-bond acceptors (Lipinski definition) is 9. The van der Waals surface area contributed by atoms with E-state index in [1.54, 1.807) is 18.6 Å². The van der Waals surface area contributed by atoms with Crippen molar-refractivity contribution in [2.75, 3.05) is 18.9 Å². The lowest BCUT2D eigenvalue weighted by Crippen LogP contribution is -2.62. The van der Waals surface area contributed by atoms with Gasteiger partial charge in [-0.05, 0) is 43.2 Å². The van der Waals surface area contributed by atoms with Crippen molar-refractivity contribution in [2.24, 2.45) is 34.5 Å². The summed E-state index contributed by atoms with van der Waals surface area (Å²) in [6, 6.07) is 1.90. The number of esters is 1. The molecule has 2 saturated carbocycles. The number of hydrogen-bond donors (Lipinski definition) is 1. The summed E-state index contributed by atoms with van der Waals surface area (Å²) in [4.78, 5) is 45.6. The van der Waals surface area contributed by atoms with E-state index in [1.807, 2.05) is 17.2 Å². The van der Waals surface area contributed by atoms with Gasteiger partial charge in [-0.25, -0.2) is 0 Å². The fraction of sp³-hybridized carbons (Fsp3) is 0.645. The number of aliphatic hydroxyl groups excluding tert-OH is 1. The lowest BCUT2D eigenvalue weighted by molar-refractivity contribution is -0.251. The number of carbonyl (C=O) groups is 3. The van der Waals surface area contributed by atoms with Crippen molar-refractivity contribution in [3.63, 3.8) is 0 Å². The Morgan fingerprint density at radius 1 is 1.27 bits per heavy atom. The Balaban J connectivity index is 1.23. The standard InChI is InChI=1S/C31H37NO7S/c1-29-8-5-21(33)11-19(29)3-4-22-23-12-20-15-32(14-18-6-9-37-16-18)39-31(20,30(23,2)13-24(34)27(22)29)26(35)17-40-25-7-10-38-28(25)36/h3,5-6,8-9,16,20,22-25,27,34H,4,7,10-15,17H2,1-2H3/t20-,22-,23-,24-,25?,27+,29-,30-,31-/m0/s1. The van der Waals surface area contributed by atoms with Gasteiger partial charge in [0, 0.05) is 47.6 Å². The molecule has 7 rings (SSSR count). The molecule has 9 heteroatoms. The van der Waals surface area contributed by atoms with Crippen LogP contribution in [-0.4, -0.2) is 63.6 Å². The molecule has 0 amide bonds. The molecule has 2 saturated heterocycles. The van der Waals surface area contributed by atoms with Gasteiger partial charge in [-0.3, -0.25) is 19.2 Å². The molecule has 0 spiro atoms. The Hall–Kier alpha value is -2.20. The zero-order chi connectivity index (χ0) is 27.9. The third-order valence-corrected chi connectivity index (χ3v) is 12.4. The van der Waals surface area contributed by atoms with Crippen LogP contribution in [0.25, 0.3) is 0 Å². The van der Waals surface area contributed by atoms with Gasteiger partial charge in [-0.2, -0.15) is 5.06 Å². The Bertz CT molecular complexity index is 1290. The maximum Gasteiger partial charge on any atom is 0.319 e. The predicted molar refractivity (Wildman–Crippen MR) is 147 cm³/mol. The van der Waals surface area contributed by atoms with Crippen LogP contribution in [0.3, 0.4) is 0 Å². The first kappa shape index (κ1) is 26.7. The normalized spacial score (nSPS) is 44.0. The predicted octanol–water partition coefficient (Wildman–Crippen LogP) is 3.89. The molecule has 0 aromatic carbocycles. The zero-order valence-electron chi connectivity index (χ0n) is 23.0. The third-order valence-electron chi connectivity index (χ3n) is 11.2. The molecule has 8 nitrogen and oxygen atoms in total. The lowest BCUT2D eigenvalue weighted by atomic mass is 9.47. The van der Waals surface area contributed by atoms with Crippen molar-refractivity contribution in [1.82, 2.24) is 5.06 Å². The first-order valence-electron chi connectivity index (χ1n) is 14.5. The van der Waals surface area contributed by atoms with E-state index in [1.165, 1.54) is 11.8 Å². The highest BCUT2D eigenvalue weighted by molar-refractivity contribution is 8.01. The molecule has 9 atom stereocenters. The molecule has 1 aromatic heterocycles. The number of aliphatic hydroxyl groups is 1. The minimum Gasteiger partial charge on any atom is -0.472 e. The number of allylic oxidation sites excluding steroid dienone is 4. The maximum atomic E-state index is 14.4. The van der Waals surface area contributed by atoms with E-state index in [0.717, 1.165) is 24.0 Å². The summed E-state index contributed by atoms with van der Waals surface area (Å²) in [6.07, 6.45) is 11.8. The molecule has 6 aliphatic rings. The van der Waals surface area contributed by atoms with Crippen molar-refractivity contribution in [2.45, 2.75) is 69.5 Å². The lowest BCUT2D eigenvalue weighted by Gasteiger charge is -2.59. The number of furan rings is 1. The van der Waals surface area contributed by atoms with Crippen LogP contribution >= 0.6 is 11.8 Å². The van der Waals surface area contributed by atoms with Crippen LogP contribution in [0.2, 0.25) is 0 Å². The smallest absolute Gasteiger partial charge is 0.319 e. The maximum absolute atomic E-state index is 14.4. The van der Waals surface area contributed by atoms with Crippen molar-refractivity contribution >= 4 is 29.3 Å². The second-order valence-corrected chi connectivity index (χ2v) is 14.3. The van der Waals surface area contributed by atoms with Crippen LogP contribution in [0.5, 0.6) is 0 Å². The van der Waals surface area contributed by atoms with Gasteiger partial charge in [0.2, 0.25) is 0 Å². The molecule has 4 aliphatic carbocycles. The third kappa shape index (κ3) is 3.73.